The molecule has 0 N–H and O–H groups in total. The number of methoxy groups -OCH3 is 1. The third kappa shape index (κ3) is 2.02. The van der Waals surface area contributed by atoms with E-state index >= 15 is 0 Å². The van der Waals surface area contributed by atoms with Gasteiger partial charge in [-0.05, 0) is 42.3 Å². The maximum atomic E-state index is 5.62. The minimum Gasteiger partial charge on any atom is -0.496 e. The Bertz CT molecular complexity index is 541. The molecule has 0 saturated heterocycles. The molecule has 0 aromatic heterocycles. The molecule has 2 aromatic rings. The lowest BCUT2D eigenvalue weighted by atomic mass is 9.95. The predicted octanol–water partition coefficient (Wildman–Crippen LogP) is 4.42. The quantitative estimate of drug-likeness (QED) is 0.755. The summed E-state index contributed by atoms with van der Waals surface area (Å²) in [6, 6.07) is 8.70. The van der Waals surface area contributed by atoms with E-state index in [0.717, 1.165) is 18.6 Å². The summed E-state index contributed by atoms with van der Waals surface area (Å²) in [5, 5.41) is 2.58. The van der Waals surface area contributed by atoms with E-state index in [1.807, 2.05) is 0 Å². The Hall–Kier alpha value is -1.50. The van der Waals surface area contributed by atoms with Gasteiger partial charge >= 0.3 is 0 Å². The SMILES string of the molecule is CCCc1cc(C)c2c(C)cccc2c1OC. The van der Waals surface area contributed by atoms with E-state index in [0.29, 0.717) is 0 Å². The highest BCUT2D eigenvalue weighted by molar-refractivity contribution is 5.94. The molecule has 0 atom stereocenters. The normalized spacial score (nSPS) is 10.8. The second-order valence-electron chi connectivity index (χ2n) is 4.63. The second-order valence-corrected chi connectivity index (χ2v) is 4.63. The van der Waals surface area contributed by atoms with E-state index in [2.05, 4.69) is 45.0 Å². The number of aryl methyl sites for hydroxylation is 3. The number of hydrogen-bond donors (Lipinski definition) is 0. The lowest BCUT2D eigenvalue weighted by Gasteiger charge is -2.15. The average Bonchev–Trinajstić information content (AvgIpc) is 2.29. The largest absolute Gasteiger partial charge is 0.496 e. The average molecular weight is 228 g/mol. The summed E-state index contributed by atoms with van der Waals surface area (Å²) in [7, 11) is 1.77. The van der Waals surface area contributed by atoms with E-state index in [4.69, 9.17) is 4.74 Å². The van der Waals surface area contributed by atoms with Crippen molar-refractivity contribution in [3.63, 3.8) is 0 Å². The molecule has 0 fully saturated rings. The Labute approximate surface area is 103 Å². The summed E-state index contributed by atoms with van der Waals surface area (Å²) in [4.78, 5) is 0. The summed E-state index contributed by atoms with van der Waals surface area (Å²) < 4.78 is 5.62. The smallest absolute Gasteiger partial charge is 0.129 e. The number of ether oxygens (including phenoxy) is 1. The molecule has 0 spiro atoms. The van der Waals surface area contributed by atoms with Crippen LogP contribution in [0.2, 0.25) is 0 Å². The summed E-state index contributed by atoms with van der Waals surface area (Å²) in [6.07, 6.45) is 2.22. The first-order valence-corrected chi connectivity index (χ1v) is 6.24. The predicted molar refractivity (Wildman–Crippen MR) is 74.0 cm³/mol. The second kappa shape index (κ2) is 4.79. The van der Waals surface area contributed by atoms with Crippen molar-refractivity contribution in [2.24, 2.45) is 0 Å². The van der Waals surface area contributed by atoms with Crippen molar-refractivity contribution in [1.29, 1.82) is 0 Å². The fraction of sp³-hybridized carbons (Fsp3) is 0.375. The van der Waals surface area contributed by atoms with Gasteiger partial charge in [-0.3, -0.25) is 0 Å². The molecule has 0 amide bonds. The molecule has 2 aromatic carbocycles. The molecular weight excluding hydrogens is 208 g/mol. The van der Waals surface area contributed by atoms with Gasteiger partial charge in [0.05, 0.1) is 7.11 Å². The van der Waals surface area contributed by atoms with E-state index in [1.54, 1.807) is 7.11 Å². The Morgan fingerprint density at radius 2 is 1.88 bits per heavy atom. The Kier molecular flexibility index (Phi) is 3.37. The van der Waals surface area contributed by atoms with Gasteiger partial charge in [-0.1, -0.05) is 37.6 Å². The van der Waals surface area contributed by atoms with Crippen LogP contribution in [0.4, 0.5) is 0 Å². The fourth-order valence-corrected chi connectivity index (χ4v) is 2.65. The van der Waals surface area contributed by atoms with Crippen molar-refractivity contribution >= 4 is 10.8 Å². The van der Waals surface area contributed by atoms with Crippen molar-refractivity contribution in [3.05, 3.63) is 41.0 Å². The van der Waals surface area contributed by atoms with Gasteiger partial charge < -0.3 is 4.74 Å². The van der Waals surface area contributed by atoms with Gasteiger partial charge in [-0.15, -0.1) is 0 Å². The maximum absolute atomic E-state index is 5.62. The first kappa shape index (κ1) is 12.0. The number of hydrogen-bond acceptors (Lipinski definition) is 1. The van der Waals surface area contributed by atoms with Crippen LogP contribution in [-0.2, 0) is 6.42 Å². The van der Waals surface area contributed by atoms with Crippen molar-refractivity contribution in [3.8, 4) is 5.75 Å². The molecule has 1 nitrogen and oxygen atoms in total. The molecule has 0 heterocycles. The zero-order valence-electron chi connectivity index (χ0n) is 11.1. The Balaban J connectivity index is 2.81. The molecule has 0 aliphatic heterocycles. The molecular formula is C16H20O. The zero-order chi connectivity index (χ0) is 12.4. The van der Waals surface area contributed by atoms with Crippen molar-refractivity contribution in [1.82, 2.24) is 0 Å². The minimum absolute atomic E-state index is 1.05. The van der Waals surface area contributed by atoms with Crippen LogP contribution in [0.3, 0.4) is 0 Å². The molecule has 0 saturated carbocycles. The van der Waals surface area contributed by atoms with Crippen LogP contribution in [0.25, 0.3) is 10.8 Å². The van der Waals surface area contributed by atoms with Gasteiger partial charge in [-0.25, -0.2) is 0 Å². The standard InChI is InChI=1S/C16H20O/c1-5-7-13-10-12(3)15-11(2)8-6-9-14(15)16(13)17-4/h6,8-10H,5,7H2,1-4H3. The molecule has 17 heavy (non-hydrogen) atoms. The number of fused-ring (bicyclic) bond motifs is 1. The van der Waals surface area contributed by atoms with Crippen LogP contribution < -0.4 is 4.74 Å². The minimum atomic E-state index is 1.05. The topological polar surface area (TPSA) is 9.23 Å². The lowest BCUT2D eigenvalue weighted by molar-refractivity contribution is 0.414. The highest BCUT2D eigenvalue weighted by atomic mass is 16.5. The van der Waals surface area contributed by atoms with Gasteiger partial charge in [-0.2, -0.15) is 0 Å². The van der Waals surface area contributed by atoms with Crippen LogP contribution in [0.15, 0.2) is 24.3 Å². The highest BCUT2D eigenvalue weighted by Gasteiger charge is 2.11. The van der Waals surface area contributed by atoms with Crippen LogP contribution in [0.1, 0.15) is 30.0 Å². The van der Waals surface area contributed by atoms with Gasteiger partial charge in [0.2, 0.25) is 0 Å². The van der Waals surface area contributed by atoms with Gasteiger partial charge in [0.1, 0.15) is 5.75 Å². The lowest BCUT2D eigenvalue weighted by Crippen LogP contribution is -1.96. The van der Waals surface area contributed by atoms with Gasteiger partial charge in [0.25, 0.3) is 0 Å². The molecule has 0 unspecified atom stereocenters. The van der Waals surface area contributed by atoms with Crippen LogP contribution in [0, 0.1) is 13.8 Å². The fourth-order valence-electron chi connectivity index (χ4n) is 2.65. The first-order chi connectivity index (χ1) is 8.19. The number of benzene rings is 2. The van der Waals surface area contributed by atoms with E-state index in [9.17, 15) is 0 Å². The summed E-state index contributed by atoms with van der Waals surface area (Å²) in [5.41, 5.74) is 3.99. The highest BCUT2D eigenvalue weighted by Crippen LogP contribution is 2.34. The summed E-state index contributed by atoms with van der Waals surface area (Å²) >= 11 is 0. The van der Waals surface area contributed by atoms with Crippen LogP contribution >= 0.6 is 0 Å². The first-order valence-electron chi connectivity index (χ1n) is 6.24. The number of rotatable bonds is 3. The third-order valence-corrected chi connectivity index (χ3v) is 3.32. The monoisotopic (exact) mass is 228 g/mol. The molecule has 0 aliphatic carbocycles. The molecule has 2 rings (SSSR count). The van der Waals surface area contributed by atoms with Crippen molar-refractivity contribution in [2.75, 3.05) is 7.11 Å². The summed E-state index contributed by atoms with van der Waals surface area (Å²) in [5.74, 6) is 1.05. The van der Waals surface area contributed by atoms with E-state index in [1.165, 1.54) is 27.5 Å². The molecule has 0 aliphatic rings. The Morgan fingerprint density at radius 1 is 1.12 bits per heavy atom. The molecule has 0 bridgehead atoms. The third-order valence-electron chi connectivity index (χ3n) is 3.32. The van der Waals surface area contributed by atoms with Gasteiger partial charge in [0.15, 0.2) is 0 Å². The van der Waals surface area contributed by atoms with Gasteiger partial charge in [0, 0.05) is 5.39 Å². The maximum Gasteiger partial charge on any atom is 0.129 e. The van der Waals surface area contributed by atoms with E-state index in [-0.39, 0.29) is 0 Å². The Morgan fingerprint density at radius 3 is 2.53 bits per heavy atom. The van der Waals surface area contributed by atoms with Crippen LogP contribution in [-0.4, -0.2) is 7.11 Å². The van der Waals surface area contributed by atoms with E-state index < -0.39 is 0 Å². The molecule has 1 heteroatoms. The molecule has 0 radical (unpaired) electrons. The van der Waals surface area contributed by atoms with Crippen molar-refractivity contribution in [2.45, 2.75) is 33.6 Å². The van der Waals surface area contributed by atoms with Crippen LogP contribution in [0.5, 0.6) is 5.75 Å². The molecule has 90 valence electrons. The zero-order valence-corrected chi connectivity index (χ0v) is 11.1. The summed E-state index contributed by atoms with van der Waals surface area (Å²) in [6.45, 7) is 6.55. The van der Waals surface area contributed by atoms with Crippen molar-refractivity contribution < 1.29 is 4.74 Å².